The maximum Gasteiger partial charge on any atom is 0.265 e. The van der Waals surface area contributed by atoms with Crippen molar-refractivity contribution in [2.24, 2.45) is 0 Å². The van der Waals surface area contributed by atoms with Crippen LogP contribution >= 0.6 is 0 Å². The second-order valence-electron chi connectivity index (χ2n) is 4.12. The van der Waals surface area contributed by atoms with E-state index in [1.807, 2.05) is 13.8 Å². The molecule has 0 aromatic carbocycles. The molecule has 7 heteroatoms. The molecule has 18 heavy (non-hydrogen) atoms. The van der Waals surface area contributed by atoms with E-state index in [-0.39, 0.29) is 18.6 Å². The maximum atomic E-state index is 12.1. The van der Waals surface area contributed by atoms with Gasteiger partial charge in [-0.25, -0.2) is 13.8 Å². The molecule has 2 N–H and O–H groups in total. The van der Waals surface area contributed by atoms with Crippen molar-refractivity contribution in [3.63, 3.8) is 0 Å². The highest BCUT2D eigenvalue weighted by atomic mass is 19.3. The summed E-state index contributed by atoms with van der Waals surface area (Å²) < 4.78 is 29.6. The van der Waals surface area contributed by atoms with Gasteiger partial charge in [-0.3, -0.25) is 0 Å². The van der Waals surface area contributed by atoms with E-state index < -0.39 is 12.5 Å². The first kappa shape index (κ1) is 14.6. The van der Waals surface area contributed by atoms with Gasteiger partial charge in [-0.1, -0.05) is 0 Å². The van der Waals surface area contributed by atoms with Gasteiger partial charge in [0.05, 0.1) is 6.10 Å². The number of nitrogens with one attached hydrogen (secondary N) is 1. The van der Waals surface area contributed by atoms with Gasteiger partial charge in [0.25, 0.3) is 6.43 Å². The van der Waals surface area contributed by atoms with Gasteiger partial charge < -0.3 is 15.2 Å². The van der Waals surface area contributed by atoms with Crippen LogP contribution in [0.25, 0.3) is 0 Å². The van der Waals surface area contributed by atoms with Crippen molar-refractivity contribution >= 4 is 5.95 Å². The van der Waals surface area contributed by atoms with E-state index in [1.165, 1.54) is 0 Å². The summed E-state index contributed by atoms with van der Waals surface area (Å²) in [6.07, 6.45) is -4.59. The summed E-state index contributed by atoms with van der Waals surface area (Å²) in [6, 6.07) is 1.65. The van der Waals surface area contributed by atoms with Crippen molar-refractivity contribution in [2.45, 2.75) is 39.4 Å². The molecule has 0 spiro atoms. The molecule has 5 nitrogen and oxygen atoms in total. The van der Waals surface area contributed by atoms with Crippen LogP contribution < -0.4 is 10.1 Å². The second kappa shape index (κ2) is 6.44. The zero-order valence-electron chi connectivity index (χ0n) is 10.5. The number of hydrogen-bond acceptors (Lipinski definition) is 5. The molecule has 1 unspecified atom stereocenters. The molecule has 0 aliphatic carbocycles. The van der Waals surface area contributed by atoms with Crippen molar-refractivity contribution in [3.05, 3.63) is 11.8 Å². The molecule has 1 rings (SSSR count). The molecule has 1 heterocycles. The normalized spacial score (nSPS) is 12.9. The number of aliphatic hydroxyl groups is 1. The average Bonchev–Trinajstić information content (AvgIpc) is 2.23. The average molecular weight is 261 g/mol. The number of halogens is 2. The standard InChI is InChI=1S/C11H17F2N3O2/c1-6(2)18-9-4-7(3)15-11(16-9)14-5-8(17)10(12)13/h4,6,8,10,17H,5H2,1-3H3,(H,14,15,16). The Morgan fingerprint density at radius 1 is 1.39 bits per heavy atom. The maximum absolute atomic E-state index is 12.1. The smallest absolute Gasteiger partial charge is 0.265 e. The summed E-state index contributed by atoms with van der Waals surface area (Å²) in [7, 11) is 0. The molecule has 102 valence electrons. The Morgan fingerprint density at radius 3 is 2.61 bits per heavy atom. The van der Waals surface area contributed by atoms with Crippen molar-refractivity contribution in [2.75, 3.05) is 11.9 Å². The molecule has 0 aliphatic heterocycles. The van der Waals surface area contributed by atoms with Gasteiger partial charge in [0.2, 0.25) is 11.8 Å². The Morgan fingerprint density at radius 2 is 2.06 bits per heavy atom. The molecule has 0 amide bonds. The fraction of sp³-hybridized carbons (Fsp3) is 0.636. The van der Waals surface area contributed by atoms with Gasteiger partial charge in [0.15, 0.2) is 0 Å². The van der Waals surface area contributed by atoms with Crippen LogP contribution in [-0.2, 0) is 0 Å². The highest BCUT2D eigenvalue weighted by molar-refractivity contribution is 5.30. The predicted molar refractivity (Wildman–Crippen MR) is 63.0 cm³/mol. The highest BCUT2D eigenvalue weighted by Gasteiger charge is 2.16. The van der Waals surface area contributed by atoms with Crippen LogP contribution in [0.3, 0.4) is 0 Å². The van der Waals surface area contributed by atoms with Crippen molar-refractivity contribution in [3.8, 4) is 5.88 Å². The first-order chi connectivity index (χ1) is 8.38. The molecule has 1 atom stereocenters. The van der Waals surface area contributed by atoms with Gasteiger partial charge >= 0.3 is 0 Å². The zero-order valence-corrected chi connectivity index (χ0v) is 10.5. The Bertz CT molecular complexity index is 389. The Kier molecular flexibility index (Phi) is 5.21. The number of aromatic nitrogens is 2. The largest absolute Gasteiger partial charge is 0.475 e. The van der Waals surface area contributed by atoms with E-state index in [4.69, 9.17) is 9.84 Å². The molecule has 0 fully saturated rings. The summed E-state index contributed by atoms with van der Waals surface area (Å²) >= 11 is 0. The fourth-order valence-corrected chi connectivity index (χ4v) is 1.21. The third kappa shape index (κ3) is 4.79. The fourth-order valence-electron chi connectivity index (χ4n) is 1.21. The zero-order chi connectivity index (χ0) is 13.7. The summed E-state index contributed by atoms with van der Waals surface area (Å²) in [6.45, 7) is 5.13. The third-order valence-corrected chi connectivity index (χ3v) is 1.95. The Hall–Kier alpha value is -1.50. The number of nitrogens with zero attached hydrogens (tertiary/aromatic N) is 2. The monoisotopic (exact) mass is 261 g/mol. The number of ether oxygens (including phenoxy) is 1. The third-order valence-electron chi connectivity index (χ3n) is 1.95. The molecular formula is C11H17F2N3O2. The molecule has 1 aromatic heterocycles. The first-order valence-electron chi connectivity index (χ1n) is 5.61. The molecule has 0 aliphatic rings. The van der Waals surface area contributed by atoms with E-state index in [1.54, 1.807) is 13.0 Å². The van der Waals surface area contributed by atoms with Gasteiger partial charge in [-0.15, -0.1) is 0 Å². The van der Waals surface area contributed by atoms with Crippen LogP contribution in [-0.4, -0.2) is 40.3 Å². The van der Waals surface area contributed by atoms with Crippen LogP contribution in [0, 0.1) is 6.92 Å². The number of alkyl halides is 2. The van der Waals surface area contributed by atoms with Crippen LogP contribution in [0.15, 0.2) is 6.07 Å². The number of aliphatic hydroxyl groups excluding tert-OH is 1. The van der Waals surface area contributed by atoms with E-state index in [0.29, 0.717) is 11.6 Å². The van der Waals surface area contributed by atoms with Gasteiger partial charge in [-0.2, -0.15) is 4.98 Å². The van der Waals surface area contributed by atoms with E-state index >= 15 is 0 Å². The van der Waals surface area contributed by atoms with E-state index in [2.05, 4.69) is 15.3 Å². The lowest BCUT2D eigenvalue weighted by molar-refractivity contribution is 0.00376. The second-order valence-corrected chi connectivity index (χ2v) is 4.12. The quantitative estimate of drug-likeness (QED) is 0.814. The lowest BCUT2D eigenvalue weighted by atomic mass is 10.4. The summed E-state index contributed by atoms with van der Waals surface area (Å²) in [5.74, 6) is 0.525. The van der Waals surface area contributed by atoms with Crippen molar-refractivity contribution in [1.29, 1.82) is 0 Å². The van der Waals surface area contributed by atoms with Crippen LogP contribution in [0.5, 0.6) is 5.88 Å². The van der Waals surface area contributed by atoms with Crippen LogP contribution in [0.2, 0.25) is 0 Å². The summed E-state index contributed by atoms with van der Waals surface area (Å²) in [5.41, 5.74) is 0.648. The molecule has 1 aromatic rings. The minimum atomic E-state index is -2.80. The molecule has 0 saturated carbocycles. The van der Waals surface area contributed by atoms with E-state index in [0.717, 1.165) is 0 Å². The number of hydrogen-bond donors (Lipinski definition) is 2. The van der Waals surface area contributed by atoms with Crippen molar-refractivity contribution < 1.29 is 18.6 Å². The minimum absolute atomic E-state index is 0.0428. The lowest BCUT2D eigenvalue weighted by Crippen LogP contribution is -2.27. The first-order valence-corrected chi connectivity index (χ1v) is 5.61. The lowest BCUT2D eigenvalue weighted by Gasteiger charge is -2.13. The molecular weight excluding hydrogens is 244 g/mol. The SMILES string of the molecule is Cc1cc(OC(C)C)nc(NCC(O)C(F)F)n1. The van der Waals surface area contributed by atoms with Gasteiger partial charge in [-0.05, 0) is 20.8 Å². The highest BCUT2D eigenvalue weighted by Crippen LogP contribution is 2.13. The topological polar surface area (TPSA) is 67.3 Å². The number of anilines is 1. The molecule has 0 saturated heterocycles. The predicted octanol–water partition coefficient (Wildman–Crippen LogP) is 1.61. The molecule has 0 radical (unpaired) electrons. The summed E-state index contributed by atoms with van der Waals surface area (Å²) in [4.78, 5) is 8.02. The van der Waals surface area contributed by atoms with Crippen molar-refractivity contribution in [1.82, 2.24) is 9.97 Å². The molecule has 0 bridgehead atoms. The van der Waals surface area contributed by atoms with E-state index in [9.17, 15) is 8.78 Å². The van der Waals surface area contributed by atoms with Crippen LogP contribution in [0.4, 0.5) is 14.7 Å². The number of aryl methyl sites for hydroxylation is 1. The van der Waals surface area contributed by atoms with Crippen LogP contribution in [0.1, 0.15) is 19.5 Å². The number of rotatable bonds is 6. The van der Waals surface area contributed by atoms with Gasteiger partial charge in [0.1, 0.15) is 6.10 Å². The minimum Gasteiger partial charge on any atom is -0.475 e. The summed E-state index contributed by atoms with van der Waals surface area (Å²) in [5, 5.41) is 11.5. The Balaban J connectivity index is 2.68. The Labute approximate surface area is 104 Å². The van der Waals surface area contributed by atoms with Gasteiger partial charge in [0, 0.05) is 18.3 Å².